The molecule has 6 heteroatoms. The fraction of sp³-hybridized carbons (Fsp3) is 0.409. The number of piperidine rings is 1. The number of aromatic hydroxyl groups is 1. The summed E-state index contributed by atoms with van der Waals surface area (Å²) in [5.41, 5.74) is 2.39. The number of phenols is 1. The first-order valence-corrected chi connectivity index (χ1v) is 9.87. The molecule has 0 amide bonds. The van der Waals surface area contributed by atoms with E-state index in [1.165, 1.54) is 12.1 Å². The molecule has 0 bridgehead atoms. The van der Waals surface area contributed by atoms with E-state index in [-0.39, 0.29) is 24.0 Å². The molecule has 0 aromatic heterocycles. The number of aliphatic imine (C=N–C) groups is 1. The van der Waals surface area contributed by atoms with Crippen LogP contribution in [0, 0.1) is 0 Å². The molecule has 0 aliphatic carbocycles. The molecule has 0 saturated carbocycles. The van der Waals surface area contributed by atoms with E-state index >= 15 is 0 Å². The molecule has 1 aliphatic rings. The average Bonchev–Trinajstić information content (AvgIpc) is 2.69. The van der Waals surface area contributed by atoms with Crippen molar-refractivity contribution < 1.29 is 5.11 Å². The second-order valence-electron chi connectivity index (χ2n) is 6.95. The van der Waals surface area contributed by atoms with Gasteiger partial charge in [-0.3, -0.25) is 4.99 Å². The molecule has 2 aromatic carbocycles. The molecule has 0 spiro atoms. The monoisotopic (exact) mass is 494 g/mol. The predicted molar refractivity (Wildman–Crippen MR) is 128 cm³/mol. The molecule has 1 fully saturated rings. The van der Waals surface area contributed by atoms with E-state index in [1.54, 1.807) is 12.1 Å². The minimum absolute atomic E-state index is 0. The van der Waals surface area contributed by atoms with E-state index in [2.05, 4.69) is 52.8 Å². The number of phenolic OH excluding ortho intramolecular Hbond substituents is 1. The number of benzene rings is 2. The Morgan fingerprint density at radius 2 is 2.00 bits per heavy atom. The Balaban J connectivity index is 0.00000280. The Hall–Kier alpha value is -1.96. The normalized spacial score (nSPS) is 17.0. The van der Waals surface area contributed by atoms with Crippen LogP contribution in [0.4, 0.5) is 5.69 Å². The Labute approximate surface area is 185 Å². The maximum atomic E-state index is 9.58. The highest BCUT2D eigenvalue weighted by Crippen LogP contribution is 2.19. The van der Waals surface area contributed by atoms with Crippen molar-refractivity contribution in [2.24, 2.45) is 4.99 Å². The lowest BCUT2D eigenvalue weighted by Gasteiger charge is -2.35. The molecule has 28 heavy (non-hydrogen) atoms. The Morgan fingerprint density at radius 3 is 2.75 bits per heavy atom. The van der Waals surface area contributed by atoms with Crippen LogP contribution in [0.2, 0.25) is 0 Å². The lowest BCUT2D eigenvalue weighted by Crippen LogP contribution is -2.51. The third-order valence-electron chi connectivity index (χ3n) is 4.81. The number of anilines is 1. The van der Waals surface area contributed by atoms with Gasteiger partial charge in [0.05, 0.1) is 0 Å². The van der Waals surface area contributed by atoms with Crippen LogP contribution in [-0.4, -0.2) is 43.3 Å². The summed E-state index contributed by atoms with van der Waals surface area (Å²) in [7, 11) is 0. The lowest BCUT2D eigenvalue weighted by molar-refractivity contribution is 0.468. The predicted octanol–water partition coefficient (Wildman–Crippen LogP) is 3.78. The van der Waals surface area contributed by atoms with E-state index in [4.69, 9.17) is 4.99 Å². The zero-order valence-electron chi connectivity index (χ0n) is 16.5. The number of para-hydroxylation sites is 1. The van der Waals surface area contributed by atoms with Gasteiger partial charge in [0.25, 0.3) is 0 Å². The van der Waals surface area contributed by atoms with Crippen molar-refractivity contribution in [3.05, 3.63) is 60.2 Å². The molecule has 5 nitrogen and oxygen atoms in total. The van der Waals surface area contributed by atoms with Crippen LogP contribution in [0.25, 0.3) is 0 Å². The molecule has 3 rings (SSSR count). The number of nitrogens with zero attached hydrogens (tertiary/aromatic N) is 2. The van der Waals surface area contributed by atoms with Gasteiger partial charge in [-0.1, -0.05) is 30.3 Å². The average molecular weight is 494 g/mol. The van der Waals surface area contributed by atoms with E-state index in [0.29, 0.717) is 18.3 Å². The molecule has 1 saturated heterocycles. The van der Waals surface area contributed by atoms with E-state index < -0.39 is 0 Å². The summed E-state index contributed by atoms with van der Waals surface area (Å²) in [4.78, 5) is 7.17. The van der Waals surface area contributed by atoms with Gasteiger partial charge >= 0.3 is 0 Å². The van der Waals surface area contributed by atoms with Gasteiger partial charge in [0.1, 0.15) is 5.75 Å². The van der Waals surface area contributed by atoms with Gasteiger partial charge < -0.3 is 20.6 Å². The molecule has 1 aliphatic heterocycles. The molecule has 1 atom stereocenters. The van der Waals surface area contributed by atoms with Gasteiger partial charge in [-0.2, -0.15) is 0 Å². The zero-order valence-corrected chi connectivity index (χ0v) is 18.8. The topological polar surface area (TPSA) is 59.9 Å². The minimum atomic E-state index is 0. The van der Waals surface area contributed by atoms with E-state index in [1.807, 2.05) is 12.1 Å². The summed E-state index contributed by atoms with van der Waals surface area (Å²) in [5.74, 6) is 1.18. The van der Waals surface area contributed by atoms with Crippen molar-refractivity contribution in [3.8, 4) is 5.75 Å². The number of hydrogen-bond acceptors (Lipinski definition) is 3. The molecule has 2 aromatic rings. The largest absolute Gasteiger partial charge is 0.508 e. The standard InChI is InChI=1S/C22H30N4O.HI/c1-2-23-22(24-14-13-18-8-6-12-21(27)16-18)25-19-9-7-15-26(17-19)20-10-4-3-5-11-20;/h3-6,8,10-12,16,19,27H,2,7,9,13-15,17H2,1H3,(H2,23,24,25);1H. The van der Waals surface area contributed by atoms with Crippen molar-refractivity contribution in [1.82, 2.24) is 10.6 Å². The molecule has 3 N–H and O–H groups in total. The Morgan fingerprint density at radius 1 is 1.18 bits per heavy atom. The number of halogens is 1. The second-order valence-corrected chi connectivity index (χ2v) is 6.95. The van der Waals surface area contributed by atoms with Crippen molar-refractivity contribution in [1.29, 1.82) is 0 Å². The van der Waals surface area contributed by atoms with Crippen LogP contribution in [0.1, 0.15) is 25.3 Å². The first kappa shape index (κ1) is 22.3. The van der Waals surface area contributed by atoms with Crippen LogP contribution in [0.15, 0.2) is 59.6 Å². The van der Waals surface area contributed by atoms with Gasteiger partial charge in [0, 0.05) is 37.9 Å². The number of hydrogen-bond donors (Lipinski definition) is 3. The van der Waals surface area contributed by atoms with Crippen LogP contribution >= 0.6 is 24.0 Å². The van der Waals surface area contributed by atoms with Gasteiger partial charge in [-0.05, 0) is 56.0 Å². The second kappa shape index (κ2) is 11.8. The Bertz CT molecular complexity index is 738. The highest BCUT2D eigenvalue weighted by Gasteiger charge is 2.20. The summed E-state index contributed by atoms with van der Waals surface area (Å²) in [6, 6.07) is 18.4. The first-order valence-electron chi connectivity index (χ1n) is 9.87. The number of guanidine groups is 1. The third kappa shape index (κ3) is 6.89. The van der Waals surface area contributed by atoms with Gasteiger partial charge in [0.15, 0.2) is 5.96 Å². The molecule has 0 radical (unpaired) electrons. The van der Waals surface area contributed by atoms with Crippen molar-refractivity contribution in [2.75, 3.05) is 31.1 Å². The van der Waals surface area contributed by atoms with Gasteiger partial charge in [-0.25, -0.2) is 0 Å². The fourth-order valence-electron chi connectivity index (χ4n) is 3.49. The summed E-state index contributed by atoms with van der Waals surface area (Å²) < 4.78 is 0. The molecular formula is C22H31IN4O. The SMILES string of the molecule is CCNC(=NCCc1cccc(O)c1)NC1CCCN(c2ccccc2)C1.I. The highest BCUT2D eigenvalue weighted by atomic mass is 127. The van der Waals surface area contributed by atoms with Crippen LogP contribution < -0.4 is 15.5 Å². The molecule has 152 valence electrons. The van der Waals surface area contributed by atoms with Crippen molar-refractivity contribution in [3.63, 3.8) is 0 Å². The highest BCUT2D eigenvalue weighted by molar-refractivity contribution is 14.0. The maximum Gasteiger partial charge on any atom is 0.191 e. The quantitative estimate of drug-likeness (QED) is 0.325. The zero-order chi connectivity index (χ0) is 18.9. The summed E-state index contributed by atoms with van der Waals surface area (Å²) in [6.45, 7) is 5.71. The summed E-state index contributed by atoms with van der Waals surface area (Å²) in [5, 5.41) is 16.5. The first-order chi connectivity index (χ1) is 13.2. The van der Waals surface area contributed by atoms with Crippen molar-refractivity contribution >= 4 is 35.6 Å². The van der Waals surface area contributed by atoms with Crippen molar-refractivity contribution in [2.45, 2.75) is 32.2 Å². The minimum Gasteiger partial charge on any atom is -0.508 e. The molecule has 1 heterocycles. The smallest absolute Gasteiger partial charge is 0.191 e. The summed E-state index contributed by atoms with van der Waals surface area (Å²) in [6.07, 6.45) is 3.14. The fourth-order valence-corrected chi connectivity index (χ4v) is 3.49. The van der Waals surface area contributed by atoms with Crippen LogP contribution in [-0.2, 0) is 6.42 Å². The molecule has 1 unspecified atom stereocenters. The van der Waals surface area contributed by atoms with E-state index in [0.717, 1.165) is 44.0 Å². The van der Waals surface area contributed by atoms with Crippen LogP contribution in [0.5, 0.6) is 5.75 Å². The van der Waals surface area contributed by atoms with Gasteiger partial charge in [0.2, 0.25) is 0 Å². The number of nitrogens with one attached hydrogen (secondary N) is 2. The Kier molecular flexibility index (Phi) is 9.40. The third-order valence-corrected chi connectivity index (χ3v) is 4.81. The lowest BCUT2D eigenvalue weighted by atomic mass is 10.1. The van der Waals surface area contributed by atoms with Crippen LogP contribution in [0.3, 0.4) is 0 Å². The maximum absolute atomic E-state index is 9.58. The number of rotatable bonds is 6. The van der Waals surface area contributed by atoms with Gasteiger partial charge in [-0.15, -0.1) is 24.0 Å². The molecular weight excluding hydrogens is 463 g/mol. The summed E-state index contributed by atoms with van der Waals surface area (Å²) >= 11 is 0. The van der Waals surface area contributed by atoms with E-state index in [9.17, 15) is 5.11 Å².